The maximum atomic E-state index is 13.0. The molecule has 79 heavy (non-hydrogen) atoms. The second kappa shape index (κ2) is 17.4. The molecule has 0 N–H and O–H groups in total. The van der Waals surface area contributed by atoms with Gasteiger partial charge in [-0.1, -0.05) is 166 Å². The average molecular weight is 1060 g/mol. The summed E-state index contributed by atoms with van der Waals surface area (Å²) >= 11 is 5.46. The van der Waals surface area contributed by atoms with Crippen molar-refractivity contribution in [2.24, 2.45) is 0 Å². The molecule has 0 saturated heterocycles. The van der Waals surface area contributed by atoms with Gasteiger partial charge in [-0.15, -0.1) is 34.0 Å². The van der Waals surface area contributed by atoms with E-state index in [1.165, 1.54) is 60.7 Å². The van der Waals surface area contributed by atoms with Crippen LogP contribution in [0.2, 0.25) is 0 Å². The van der Waals surface area contributed by atoms with Crippen LogP contribution in [0.4, 0.5) is 0 Å². The average Bonchev–Trinajstić information content (AvgIpc) is 3.89. The Morgan fingerprint density at radius 2 is 0.848 bits per heavy atom. The van der Waals surface area contributed by atoms with E-state index >= 15 is 0 Å². The highest BCUT2D eigenvalue weighted by Gasteiger charge is 2.36. The minimum Gasteiger partial charge on any atom is -0.307 e. The van der Waals surface area contributed by atoms with Gasteiger partial charge in [-0.2, -0.15) is 5.26 Å². The van der Waals surface area contributed by atoms with Gasteiger partial charge in [-0.05, 0) is 107 Å². The van der Waals surface area contributed by atoms with Crippen LogP contribution >= 0.6 is 34.0 Å². The molecule has 0 saturated carbocycles. The molecule has 7 heteroatoms. The number of hydrogen-bond acceptors (Lipinski definition) is 5. The summed E-state index contributed by atoms with van der Waals surface area (Å²) in [6.07, 6.45) is 0. The van der Waals surface area contributed by atoms with Crippen molar-refractivity contribution in [3.63, 3.8) is 0 Å². The van der Waals surface area contributed by atoms with Gasteiger partial charge in [-0.25, -0.2) is 4.98 Å². The van der Waals surface area contributed by atoms with Crippen molar-refractivity contribution in [3.05, 3.63) is 236 Å². The Morgan fingerprint density at radius 1 is 0.392 bits per heavy atom. The molecule has 0 aliphatic rings. The van der Waals surface area contributed by atoms with E-state index in [0.717, 1.165) is 94.4 Å². The maximum absolute atomic E-state index is 13.0. The largest absolute Gasteiger partial charge is 0.307 e. The zero-order valence-corrected chi connectivity index (χ0v) is 45.8. The van der Waals surface area contributed by atoms with Crippen molar-refractivity contribution in [2.45, 2.75) is 26.2 Å². The van der Waals surface area contributed by atoms with Crippen LogP contribution in [0.15, 0.2) is 224 Å². The lowest BCUT2D eigenvalue weighted by Gasteiger charge is -2.28. The third kappa shape index (κ3) is 6.79. The molecule has 4 nitrogen and oxygen atoms in total. The standard InChI is InChI=1S/C72H46N4S3/c1-72(2,3)42-38-39-55-51(40-42)44-22-7-12-30-54(44)76(55)70-52(41-73)66(48-26-17-35-60-63(48)45-23-8-14-32-57(45)77-60)67(49-27-18-36-61-64(49)46-24-9-15-33-58(46)78-61)68(50-28-19-37-62-65(50)47-25-10-16-34-59(47)79-62)69(70)71-74-53-29-11-13-31-56(53)75(71)43-20-5-4-6-21-43/h4-40H,1-3H3. The van der Waals surface area contributed by atoms with Crippen molar-refractivity contribution < 1.29 is 0 Å². The molecule has 16 rings (SSSR count). The van der Waals surface area contributed by atoms with E-state index < -0.39 is 0 Å². The van der Waals surface area contributed by atoms with Gasteiger partial charge >= 0.3 is 0 Å². The molecule has 0 radical (unpaired) electrons. The van der Waals surface area contributed by atoms with Crippen molar-refractivity contribution >= 4 is 127 Å². The number of hydrogen-bond donors (Lipinski definition) is 0. The van der Waals surface area contributed by atoms with E-state index in [-0.39, 0.29) is 5.41 Å². The fourth-order valence-corrected chi connectivity index (χ4v) is 16.2. The lowest BCUT2D eigenvalue weighted by Crippen LogP contribution is -2.11. The van der Waals surface area contributed by atoms with Crippen LogP contribution < -0.4 is 0 Å². The van der Waals surface area contributed by atoms with Crippen molar-refractivity contribution in [2.75, 3.05) is 0 Å². The molecule has 0 spiro atoms. The zero-order valence-electron chi connectivity index (χ0n) is 43.4. The Morgan fingerprint density at radius 3 is 1.41 bits per heavy atom. The first-order chi connectivity index (χ1) is 38.8. The van der Waals surface area contributed by atoms with Crippen molar-refractivity contribution in [3.8, 4) is 62.2 Å². The first-order valence-electron chi connectivity index (χ1n) is 26.8. The molecule has 0 aliphatic carbocycles. The van der Waals surface area contributed by atoms with Gasteiger partial charge in [0.05, 0.1) is 38.9 Å². The van der Waals surface area contributed by atoms with E-state index in [2.05, 4.69) is 260 Å². The fourth-order valence-electron chi connectivity index (χ4n) is 12.8. The molecule has 372 valence electrons. The quantitative estimate of drug-likeness (QED) is 0.167. The normalized spacial score (nSPS) is 12.2. The molecule has 0 aliphatic heterocycles. The Kier molecular flexibility index (Phi) is 10.1. The smallest absolute Gasteiger partial charge is 0.148 e. The summed E-state index contributed by atoms with van der Waals surface area (Å²) in [5, 5.41) is 22.2. The molecule has 0 fully saturated rings. The summed E-state index contributed by atoms with van der Waals surface area (Å²) in [6.45, 7) is 6.85. The van der Waals surface area contributed by atoms with E-state index in [0.29, 0.717) is 5.56 Å². The number of para-hydroxylation sites is 4. The third-order valence-corrected chi connectivity index (χ3v) is 19.6. The second-order valence-electron chi connectivity index (χ2n) is 21.6. The first-order valence-corrected chi connectivity index (χ1v) is 29.2. The van der Waals surface area contributed by atoms with E-state index in [4.69, 9.17) is 4.98 Å². The van der Waals surface area contributed by atoms with Crippen LogP contribution in [0.5, 0.6) is 0 Å². The number of imidazole rings is 1. The Balaban J connectivity index is 1.26. The number of thiophene rings is 3. The van der Waals surface area contributed by atoms with Gasteiger partial charge in [0, 0.05) is 93.7 Å². The SMILES string of the molecule is CC(C)(C)c1ccc2c(c1)c1ccccc1n2-c1c(C#N)c(-c2cccc3sc4ccccc4c23)c(-c2cccc3sc4ccccc4c23)c(-c2cccc3sc4ccccc4c23)c1-c1nc2ccccc2n1-c1ccccc1. The molecule has 16 aromatic rings. The molecule has 5 heterocycles. The number of rotatable bonds is 6. The highest BCUT2D eigenvalue weighted by atomic mass is 32.1. The van der Waals surface area contributed by atoms with Crippen molar-refractivity contribution in [1.82, 2.24) is 14.1 Å². The van der Waals surface area contributed by atoms with Crippen LogP contribution in [0.25, 0.3) is 149 Å². The molecule has 0 bridgehead atoms. The minimum atomic E-state index is -0.111. The van der Waals surface area contributed by atoms with Gasteiger partial charge in [0.25, 0.3) is 0 Å². The summed E-state index contributed by atoms with van der Waals surface area (Å²) in [4.78, 5) is 5.90. The summed E-state index contributed by atoms with van der Waals surface area (Å²) < 4.78 is 12.0. The topological polar surface area (TPSA) is 46.5 Å². The monoisotopic (exact) mass is 1060 g/mol. The van der Waals surface area contributed by atoms with E-state index in [1.807, 2.05) is 34.0 Å². The number of aromatic nitrogens is 3. The second-order valence-corrected chi connectivity index (χ2v) is 24.8. The summed E-state index contributed by atoms with van der Waals surface area (Å²) in [5.74, 6) is 0.747. The number of nitrogens with zero attached hydrogens (tertiary/aromatic N) is 4. The molecule has 5 aromatic heterocycles. The predicted molar refractivity (Wildman–Crippen MR) is 339 cm³/mol. The van der Waals surface area contributed by atoms with Crippen LogP contribution in [-0.2, 0) is 5.41 Å². The fraction of sp³-hybridized carbons (Fsp3) is 0.0556. The Bertz CT molecular complexity index is 5260. The minimum absolute atomic E-state index is 0.111. The molecule has 11 aromatic carbocycles. The highest BCUT2D eigenvalue weighted by Crippen LogP contribution is 2.58. The summed E-state index contributed by atoms with van der Waals surface area (Å²) in [6, 6.07) is 84.8. The summed E-state index contributed by atoms with van der Waals surface area (Å²) in [5.41, 5.74) is 14.3. The lowest BCUT2D eigenvalue weighted by atomic mass is 9.78. The third-order valence-electron chi connectivity index (χ3n) is 16.2. The molecular weight excluding hydrogens is 1020 g/mol. The highest BCUT2D eigenvalue weighted by molar-refractivity contribution is 7.26. The van der Waals surface area contributed by atoms with Gasteiger partial charge < -0.3 is 4.57 Å². The molecule has 0 amide bonds. The van der Waals surface area contributed by atoms with Crippen LogP contribution in [0.3, 0.4) is 0 Å². The van der Waals surface area contributed by atoms with Crippen LogP contribution in [0.1, 0.15) is 31.9 Å². The van der Waals surface area contributed by atoms with E-state index in [9.17, 15) is 5.26 Å². The number of fused-ring (bicyclic) bond motifs is 13. The van der Waals surface area contributed by atoms with Crippen LogP contribution in [0, 0.1) is 11.3 Å². The van der Waals surface area contributed by atoms with Crippen LogP contribution in [-0.4, -0.2) is 14.1 Å². The Labute approximate surface area is 467 Å². The van der Waals surface area contributed by atoms with Gasteiger partial charge in [0.1, 0.15) is 11.9 Å². The molecule has 0 unspecified atom stereocenters. The van der Waals surface area contributed by atoms with Gasteiger partial charge in [0.2, 0.25) is 0 Å². The van der Waals surface area contributed by atoms with Gasteiger partial charge in [-0.3, -0.25) is 4.57 Å². The molecular formula is C72H46N4S3. The summed E-state index contributed by atoms with van der Waals surface area (Å²) in [7, 11) is 0. The number of nitriles is 1. The number of benzene rings is 11. The molecule has 0 atom stereocenters. The predicted octanol–water partition coefficient (Wildman–Crippen LogP) is 21.1. The Hall–Kier alpha value is -9.16. The first kappa shape index (κ1) is 46.0. The zero-order chi connectivity index (χ0) is 52.7. The van der Waals surface area contributed by atoms with Crippen molar-refractivity contribution in [1.29, 1.82) is 5.26 Å². The lowest BCUT2D eigenvalue weighted by molar-refractivity contribution is 0.591. The van der Waals surface area contributed by atoms with Gasteiger partial charge in [0.15, 0.2) is 0 Å². The van der Waals surface area contributed by atoms with E-state index in [1.54, 1.807) is 0 Å². The maximum Gasteiger partial charge on any atom is 0.148 e.